The smallest absolute Gasteiger partial charge is 0.348 e. The van der Waals surface area contributed by atoms with Crippen molar-refractivity contribution in [2.24, 2.45) is 0 Å². The highest BCUT2D eigenvalue weighted by Crippen LogP contribution is 2.36. The number of carbonyl (C=O) groups is 1. The van der Waals surface area contributed by atoms with Crippen LogP contribution in [-0.2, 0) is 9.53 Å². The minimum absolute atomic E-state index is 0.217. The van der Waals surface area contributed by atoms with Crippen LogP contribution < -0.4 is 5.32 Å². The Morgan fingerprint density at radius 2 is 1.55 bits per heavy atom. The van der Waals surface area contributed by atoms with Crippen LogP contribution in [-0.4, -0.2) is 61.5 Å². The highest BCUT2D eigenvalue weighted by atomic mass is 19.4. The Morgan fingerprint density at radius 3 is 1.95 bits per heavy atom. The van der Waals surface area contributed by atoms with E-state index in [1.807, 2.05) is 0 Å². The maximum Gasteiger partial charge on any atom is 0.423 e. The lowest BCUT2D eigenvalue weighted by molar-refractivity contribution is -0.327. The third-order valence-corrected chi connectivity index (χ3v) is 2.71. The third kappa shape index (κ3) is 4.51. The number of hydrogen-bond acceptors (Lipinski definition) is 3. The van der Waals surface area contributed by atoms with Crippen molar-refractivity contribution < 1.29 is 35.9 Å². The molecule has 20 heavy (non-hydrogen) atoms. The molecule has 1 amide bonds. The topological polar surface area (TPSA) is 41.6 Å². The number of carbonyl (C=O) groups excluding carboxylic acids is 1. The van der Waals surface area contributed by atoms with Gasteiger partial charge in [0.15, 0.2) is 0 Å². The maximum absolute atomic E-state index is 12.3. The van der Waals surface area contributed by atoms with Gasteiger partial charge in [-0.2, -0.15) is 26.3 Å². The monoisotopic (exact) mass is 308 g/mol. The molecule has 1 saturated heterocycles. The Bertz CT molecular complexity index is 324. The molecule has 0 aliphatic carbocycles. The van der Waals surface area contributed by atoms with Gasteiger partial charge in [0, 0.05) is 26.2 Å². The zero-order valence-corrected chi connectivity index (χ0v) is 10.5. The molecule has 10 heteroatoms. The van der Waals surface area contributed by atoms with Crippen LogP contribution in [0.4, 0.5) is 26.3 Å². The molecule has 0 radical (unpaired) electrons. The predicted molar refractivity (Wildman–Crippen MR) is 55.9 cm³/mol. The molecule has 1 fully saturated rings. The number of alkyl halides is 6. The van der Waals surface area contributed by atoms with Gasteiger partial charge in [0.1, 0.15) is 6.10 Å². The molecule has 0 spiro atoms. The van der Waals surface area contributed by atoms with Gasteiger partial charge >= 0.3 is 12.4 Å². The normalized spacial score (nSPS) is 19.3. The summed E-state index contributed by atoms with van der Waals surface area (Å²) in [5.41, 5.74) is 0. The predicted octanol–water partition coefficient (Wildman–Crippen LogP) is 1.32. The fourth-order valence-corrected chi connectivity index (χ4v) is 1.74. The van der Waals surface area contributed by atoms with Crippen LogP contribution >= 0.6 is 0 Å². The number of nitrogens with one attached hydrogen (secondary N) is 1. The summed E-state index contributed by atoms with van der Waals surface area (Å²) in [7, 11) is 0. The molecule has 0 aromatic heterocycles. The van der Waals surface area contributed by atoms with Gasteiger partial charge in [-0.1, -0.05) is 0 Å². The van der Waals surface area contributed by atoms with Crippen molar-refractivity contribution in [2.75, 3.05) is 26.2 Å². The Kier molecular flexibility index (Phi) is 5.25. The molecular weight excluding hydrogens is 294 g/mol. The van der Waals surface area contributed by atoms with E-state index in [1.54, 1.807) is 0 Å². The number of ether oxygens (including phenoxy) is 1. The fraction of sp³-hybridized carbons (Fsp3) is 0.900. The van der Waals surface area contributed by atoms with Gasteiger partial charge in [0.2, 0.25) is 6.10 Å². The van der Waals surface area contributed by atoms with Crippen LogP contribution in [0, 0.1) is 0 Å². The summed E-state index contributed by atoms with van der Waals surface area (Å²) in [4.78, 5) is 12.9. The number of hydrogen-bond donors (Lipinski definition) is 1. The summed E-state index contributed by atoms with van der Waals surface area (Å²) < 4.78 is 77.7. The first-order valence-corrected chi connectivity index (χ1v) is 5.82. The van der Waals surface area contributed by atoms with Crippen molar-refractivity contribution in [3.8, 4) is 0 Å². The first-order valence-electron chi connectivity index (χ1n) is 5.82. The van der Waals surface area contributed by atoms with Gasteiger partial charge in [0.05, 0.1) is 0 Å². The van der Waals surface area contributed by atoms with Crippen molar-refractivity contribution in [1.82, 2.24) is 10.2 Å². The Balaban J connectivity index is 2.70. The van der Waals surface area contributed by atoms with Gasteiger partial charge in [-0.05, 0) is 6.92 Å². The SMILES string of the molecule is CC(OC(C(F)(F)F)C(F)(F)F)C(=O)N1CCNCC1. The Hall–Kier alpha value is -1.03. The molecule has 4 nitrogen and oxygen atoms in total. The van der Waals surface area contributed by atoms with E-state index in [0.29, 0.717) is 13.1 Å². The summed E-state index contributed by atoms with van der Waals surface area (Å²) in [6, 6.07) is 0. The fourth-order valence-electron chi connectivity index (χ4n) is 1.74. The Labute approximate surface area is 111 Å². The number of rotatable bonds is 3. The van der Waals surface area contributed by atoms with Crippen LogP contribution in [0.1, 0.15) is 6.92 Å². The molecule has 1 unspecified atom stereocenters. The second-order valence-corrected chi connectivity index (χ2v) is 4.32. The van der Waals surface area contributed by atoms with Gasteiger partial charge in [0.25, 0.3) is 5.91 Å². The number of halogens is 6. The minimum atomic E-state index is -5.61. The molecule has 0 aromatic carbocycles. The van der Waals surface area contributed by atoms with Gasteiger partial charge in [-0.15, -0.1) is 0 Å². The van der Waals surface area contributed by atoms with E-state index in [2.05, 4.69) is 10.1 Å². The van der Waals surface area contributed by atoms with Gasteiger partial charge in [-0.3, -0.25) is 4.79 Å². The standard InChI is InChI=1S/C10H14F6N2O2/c1-6(7(19)18-4-2-17-3-5-18)20-8(9(11,12)13)10(14,15)16/h6,8,17H,2-5H2,1H3. The van der Waals surface area contributed by atoms with Crippen molar-refractivity contribution in [3.05, 3.63) is 0 Å². The molecule has 1 atom stereocenters. The molecule has 118 valence electrons. The molecule has 1 rings (SSSR count). The van der Waals surface area contributed by atoms with Crippen molar-refractivity contribution in [1.29, 1.82) is 0 Å². The second kappa shape index (κ2) is 6.17. The molecule has 0 saturated carbocycles. The molecule has 1 heterocycles. The summed E-state index contributed by atoms with van der Waals surface area (Å²) >= 11 is 0. The van der Waals surface area contributed by atoms with Crippen LogP contribution in [0.2, 0.25) is 0 Å². The minimum Gasteiger partial charge on any atom is -0.348 e. The molecular formula is C10H14F6N2O2. The maximum atomic E-state index is 12.3. The first-order chi connectivity index (χ1) is 9.03. The molecule has 0 bridgehead atoms. The zero-order chi connectivity index (χ0) is 15.6. The van der Waals surface area contributed by atoms with Crippen molar-refractivity contribution >= 4 is 5.91 Å². The van der Waals surface area contributed by atoms with E-state index in [4.69, 9.17) is 0 Å². The summed E-state index contributed by atoms with van der Waals surface area (Å²) in [6.07, 6.45) is -17.0. The quantitative estimate of drug-likeness (QED) is 0.800. The first kappa shape index (κ1) is 17.0. The summed E-state index contributed by atoms with van der Waals surface area (Å²) in [6.45, 7) is 2.18. The lowest BCUT2D eigenvalue weighted by atomic mass is 10.2. The largest absolute Gasteiger partial charge is 0.423 e. The van der Waals surface area contributed by atoms with Crippen molar-refractivity contribution in [2.45, 2.75) is 31.5 Å². The zero-order valence-electron chi connectivity index (χ0n) is 10.5. The van der Waals surface area contributed by atoms with E-state index in [1.165, 1.54) is 4.90 Å². The van der Waals surface area contributed by atoms with Gasteiger partial charge < -0.3 is 15.0 Å². The average molecular weight is 308 g/mol. The molecule has 1 N–H and O–H groups in total. The van der Waals surface area contributed by atoms with E-state index in [-0.39, 0.29) is 13.1 Å². The molecule has 1 aliphatic heterocycles. The van der Waals surface area contributed by atoms with Crippen LogP contribution in [0.5, 0.6) is 0 Å². The highest BCUT2D eigenvalue weighted by Gasteiger charge is 2.59. The van der Waals surface area contributed by atoms with Crippen LogP contribution in [0.25, 0.3) is 0 Å². The van der Waals surface area contributed by atoms with E-state index >= 15 is 0 Å². The average Bonchev–Trinajstić information content (AvgIpc) is 2.33. The van der Waals surface area contributed by atoms with E-state index in [0.717, 1.165) is 6.92 Å². The third-order valence-electron chi connectivity index (χ3n) is 2.71. The van der Waals surface area contributed by atoms with Crippen LogP contribution in [0.3, 0.4) is 0 Å². The Morgan fingerprint density at radius 1 is 1.10 bits per heavy atom. The number of nitrogens with zero attached hydrogens (tertiary/aromatic N) is 1. The van der Waals surface area contributed by atoms with Crippen molar-refractivity contribution in [3.63, 3.8) is 0 Å². The molecule has 0 aromatic rings. The van der Waals surface area contributed by atoms with E-state index in [9.17, 15) is 31.1 Å². The molecule has 1 aliphatic rings. The van der Waals surface area contributed by atoms with Crippen LogP contribution in [0.15, 0.2) is 0 Å². The second-order valence-electron chi connectivity index (χ2n) is 4.32. The lowest BCUT2D eigenvalue weighted by Gasteiger charge is -2.32. The summed E-state index contributed by atoms with van der Waals surface area (Å²) in [5, 5.41) is 2.90. The number of piperazine rings is 1. The summed E-state index contributed by atoms with van der Waals surface area (Å²) in [5.74, 6) is -0.884. The highest BCUT2D eigenvalue weighted by molar-refractivity contribution is 5.80. The van der Waals surface area contributed by atoms with Gasteiger partial charge in [-0.25, -0.2) is 0 Å². The number of amides is 1. The lowest BCUT2D eigenvalue weighted by Crippen LogP contribution is -2.53. The van der Waals surface area contributed by atoms with E-state index < -0.39 is 30.5 Å².